The maximum atomic E-state index is 11.0. The normalized spacial score (nSPS) is 23.3. The highest BCUT2D eigenvalue weighted by atomic mass is 35.5. The number of fused-ring (bicyclic) bond motifs is 3. The Labute approximate surface area is 344 Å². The molecule has 5 aliphatic rings. The molecule has 3 aliphatic heterocycles. The summed E-state index contributed by atoms with van der Waals surface area (Å²) in [6.45, 7) is 15.5. The highest BCUT2D eigenvalue weighted by molar-refractivity contribution is 6.30. The molecule has 5 nitrogen and oxygen atoms in total. The second-order valence-electron chi connectivity index (χ2n) is 16.9. The standard InChI is InChI=1S/C18H20ClN.C18H25NO.C14H25NO/c1-2-12-20-13-4-6-15-5-3-7-17(18(15)20)14-8-10-16(19)11-9-14;1-2-16-10-6-11-18(20)12-7-13-19(17(16)18)14-15-8-4-3-5-9-15;1-3-10-15-11-6-9-14(16)8-5-7-12(4-2)13(14)15/h3,5,7-11H,2,4,6,12-13H2,1H3;3-5,8-9,20H,2,6-7,10-14H2,1H3;16H,3-11H2,1-2H3. The molecule has 0 spiro atoms. The summed E-state index contributed by atoms with van der Waals surface area (Å²) in [4.78, 5) is 7.45. The molecule has 0 bridgehead atoms. The number of hydrogen-bond donors (Lipinski definition) is 2. The van der Waals surface area contributed by atoms with Gasteiger partial charge < -0.3 is 24.9 Å². The number of aryl methyl sites for hydroxylation is 1. The first-order chi connectivity index (χ1) is 27.2. The van der Waals surface area contributed by atoms with Gasteiger partial charge in [-0.3, -0.25) is 0 Å². The van der Waals surface area contributed by atoms with E-state index in [4.69, 9.17) is 11.6 Å². The number of anilines is 1. The number of likely N-dealkylation sites (tertiary alicyclic amines) is 2. The minimum absolute atomic E-state index is 0.475. The summed E-state index contributed by atoms with van der Waals surface area (Å²) in [5.41, 5.74) is 11.4. The van der Waals surface area contributed by atoms with Crippen molar-refractivity contribution in [2.24, 2.45) is 0 Å². The minimum atomic E-state index is -0.545. The summed E-state index contributed by atoms with van der Waals surface area (Å²) >= 11 is 6.01. The molecule has 2 unspecified atom stereocenters. The average Bonchev–Trinajstić information content (AvgIpc) is 3.21. The van der Waals surface area contributed by atoms with E-state index in [9.17, 15) is 10.2 Å². The summed E-state index contributed by atoms with van der Waals surface area (Å²) < 4.78 is 0. The fraction of sp³-hybridized carbons (Fsp3) is 0.560. The fourth-order valence-corrected chi connectivity index (χ4v) is 10.6. The molecule has 2 aliphatic carbocycles. The van der Waals surface area contributed by atoms with Crippen molar-refractivity contribution < 1.29 is 10.2 Å². The molecule has 304 valence electrons. The molecule has 56 heavy (non-hydrogen) atoms. The van der Waals surface area contributed by atoms with Crippen LogP contribution in [0.25, 0.3) is 11.1 Å². The lowest BCUT2D eigenvalue weighted by atomic mass is 9.76. The molecular formula is C50H70ClN3O2. The maximum absolute atomic E-state index is 11.0. The van der Waals surface area contributed by atoms with Crippen LogP contribution in [0, 0.1) is 0 Å². The Bertz CT molecular complexity index is 1770. The monoisotopic (exact) mass is 780 g/mol. The van der Waals surface area contributed by atoms with Crippen LogP contribution in [0.5, 0.6) is 0 Å². The predicted octanol–water partition coefficient (Wildman–Crippen LogP) is 12.1. The summed E-state index contributed by atoms with van der Waals surface area (Å²) in [6.07, 6.45) is 17.8. The van der Waals surface area contributed by atoms with E-state index in [0.717, 1.165) is 95.5 Å². The van der Waals surface area contributed by atoms with Gasteiger partial charge in [-0.2, -0.15) is 0 Å². The number of hydrogen-bond acceptors (Lipinski definition) is 5. The lowest BCUT2D eigenvalue weighted by Crippen LogP contribution is -2.48. The fourth-order valence-electron chi connectivity index (χ4n) is 10.4. The van der Waals surface area contributed by atoms with E-state index in [2.05, 4.69) is 103 Å². The zero-order valence-electron chi connectivity index (χ0n) is 35.1. The van der Waals surface area contributed by atoms with Crippen LogP contribution >= 0.6 is 11.6 Å². The van der Waals surface area contributed by atoms with E-state index in [1.165, 1.54) is 102 Å². The topological polar surface area (TPSA) is 50.2 Å². The molecule has 2 N–H and O–H groups in total. The van der Waals surface area contributed by atoms with Crippen LogP contribution in [-0.2, 0) is 13.0 Å². The van der Waals surface area contributed by atoms with Crippen LogP contribution in [0.1, 0.15) is 135 Å². The van der Waals surface area contributed by atoms with Crippen LogP contribution in [0.4, 0.5) is 5.69 Å². The van der Waals surface area contributed by atoms with Gasteiger partial charge in [0.25, 0.3) is 0 Å². The molecular weight excluding hydrogens is 710 g/mol. The van der Waals surface area contributed by atoms with Crippen molar-refractivity contribution in [2.75, 3.05) is 37.6 Å². The van der Waals surface area contributed by atoms with Gasteiger partial charge in [-0.25, -0.2) is 0 Å². The third-order valence-corrected chi connectivity index (χ3v) is 13.1. The third kappa shape index (κ3) is 9.88. The summed E-state index contributed by atoms with van der Waals surface area (Å²) in [6, 6.07) is 25.5. The molecule has 2 saturated heterocycles. The molecule has 3 heterocycles. The van der Waals surface area contributed by atoms with E-state index in [-0.39, 0.29) is 0 Å². The number of piperidine rings is 2. The van der Waals surface area contributed by atoms with Gasteiger partial charge in [0.05, 0.1) is 0 Å². The molecule has 3 aromatic carbocycles. The number of benzene rings is 3. The smallest absolute Gasteiger partial charge is 0.104 e. The lowest BCUT2D eigenvalue weighted by molar-refractivity contribution is -0.00620. The highest BCUT2D eigenvalue weighted by Crippen LogP contribution is 2.44. The SMILES string of the molecule is CCC1=C2N(Cc3ccccc3)CCCC2(O)CCC1.CCCN1CCCC2(O)CCCC(CC)=C12.CCCN1CCCc2cccc(-c3ccc(Cl)cc3)c21. The van der Waals surface area contributed by atoms with E-state index in [0.29, 0.717) is 0 Å². The second-order valence-corrected chi connectivity index (χ2v) is 17.3. The van der Waals surface area contributed by atoms with E-state index < -0.39 is 11.2 Å². The number of rotatable bonds is 9. The largest absolute Gasteiger partial charge is 0.384 e. The van der Waals surface area contributed by atoms with Gasteiger partial charge in [-0.05, 0) is 143 Å². The maximum Gasteiger partial charge on any atom is 0.104 e. The highest BCUT2D eigenvalue weighted by Gasteiger charge is 2.42. The zero-order valence-corrected chi connectivity index (χ0v) is 35.9. The van der Waals surface area contributed by atoms with Gasteiger partial charge in [0.1, 0.15) is 11.2 Å². The molecule has 0 aromatic heterocycles. The van der Waals surface area contributed by atoms with E-state index >= 15 is 0 Å². The Morgan fingerprint density at radius 3 is 1.73 bits per heavy atom. The lowest BCUT2D eigenvalue weighted by Gasteiger charge is -2.47. The molecule has 8 rings (SSSR count). The molecule has 6 heteroatoms. The predicted molar refractivity (Wildman–Crippen MR) is 237 cm³/mol. The van der Waals surface area contributed by atoms with Gasteiger partial charge in [-0.15, -0.1) is 0 Å². The number of nitrogens with zero attached hydrogens (tertiary/aromatic N) is 3. The number of allylic oxidation sites excluding steroid dienone is 2. The Kier molecular flexibility index (Phi) is 15.1. The summed E-state index contributed by atoms with van der Waals surface area (Å²) in [5, 5.41) is 22.6. The van der Waals surface area contributed by atoms with Crippen molar-refractivity contribution in [1.29, 1.82) is 0 Å². The van der Waals surface area contributed by atoms with Crippen molar-refractivity contribution in [3.05, 3.63) is 111 Å². The molecule has 2 atom stereocenters. The van der Waals surface area contributed by atoms with Crippen LogP contribution in [-0.4, -0.2) is 63.9 Å². The van der Waals surface area contributed by atoms with Crippen LogP contribution in [0.2, 0.25) is 5.02 Å². The van der Waals surface area contributed by atoms with Crippen LogP contribution < -0.4 is 4.90 Å². The molecule has 0 radical (unpaired) electrons. The second kappa shape index (κ2) is 19.9. The molecule has 0 saturated carbocycles. The first-order valence-corrected chi connectivity index (χ1v) is 22.7. The quantitative estimate of drug-likeness (QED) is 0.226. The Balaban J connectivity index is 0.000000144. The summed E-state index contributed by atoms with van der Waals surface area (Å²) in [7, 11) is 0. The van der Waals surface area contributed by atoms with Crippen molar-refractivity contribution in [2.45, 2.75) is 148 Å². The number of aliphatic hydroxyl groups is 2. The van der Waals surface area contributed by atoms with Gasteiger partial charge in [0.2, 0.25) is 0 Å². The number of para-hydroxylation sites is 1. The van der Waals surface area contributed by atoms with Crippen molar-refractivity contribution >= 4 is 17.3 Å². The van der Waals surface area contributed by atoms with Crippen LogP contribution in [0.3, 0.4) is 0 Å². The Morgan fingerprint density at radius 1 is 0.571 bits per heavy atom. The van der Waals surface area contributed by atoms with E-state index in [1.54, 1.807) is 0 Å². The Morgan fingerprint density at radius 2 is 1.12 bits per heavy atom. The van der Waals surface area contributed by atoms with Crippen LogP contribution in [0.15, 0.2) is 95.3 Å². The first-order valence-electron chi connectivity index (χ1n) is 22.3. The van der Waals surface area contributed by atoms with Crippen molar-refractivity contribution in [1.82, 2.24) is 9.80 Å². The average molecular weight is 781 g/mol. The van der Waals surface area contributed by atoms with Crippen molar-refractivity contribution in [3.63, 3.8) is 0 Å². The zero-order chi connectivity index (χ0) is 39.5. The van der Waals surface area contributed by atoms with Gasteiger partial charge in [0.15, 0.2) is 0 Å². The van der Waals surface area contributed by atoms with Gasteiger partial charge in [0, 0.05) is 66.9 Å². The third-order valence-electron chi connectivity index (χ3n) is 12.9. The Hall–Kier alpha value is -3.25. The van der Waals surface area contributed by atoms with Crippen molar-refractivity contribution in [3.8, 4) is 11.1 Å². The van der Waals surface area contributed by atoms with Gasteiger partial charge in [-0.1, -0.05) is 100.0 Å². The minimum Gasteiger partial charge on any atom is -0.384 e. The molecule has 3 aromatic rings. The number of halogens is 1. The summed E-state index contributed by atoms with van der Waals surface area (Å²) in [5.74, 6) is 0. The van der Waals surface area contributed by atoms with Gasteiger partial charge >= 0.3 is 0 Å². The van der Waals surface area contributed by atoms with E-state index in [1.807, 2.05) is 12.1 Å². The molecule has 2 fully saturated rings. The molecule has 0 amide bonds. The first kappa shape index (κ1) is 42.4.